The lowest BCUT2D eigenvalue weighted by molar-refractivity contribution is -0.120. The van der Waals surface area contributed by atoms with E-state index in [-0.39, 0.29) is 17.4 Å². The highest BCUT2D eigenvalue weighted by atomic mass is 16.5. The van der Waals surface area contributed by atoms with E-state index in [1.165, 1.54) is 25.3 Å². The van der Waals surface area contributed by atoms with Gasteiger partial charge in [0.15, 0.2) is 0 Å². The molecule has 3 N–H and O–H groups in total. The van der Waals surface area contributed by atoms with Crippen molar-refractivity contribution in [3.63, 3.8) is 0 Å². The van der Waals surface area contributed by atoms with Crippen LogP contribution in [0.25, 0.3) is 0 Å². The Morgan fingerprint density at radius 3 is 2.85 bits per heavy atom. The molecule has 1 aliphatic rings. The predicted octanol–water partition coefficient (Wildman–Crippen LogP) is 1.33. The summed E-state index contributed by atoms with van der Waals surface area (Å²) in [6, 6.07) is 4.40. The molecular formula is C14H18N2O4. The average molecular weight is 278 g/mol. The molecule has 0 bridgehead atoms. The smallest absolute Gasteiger partial charge is 0.335 e. The molecule has 1 amide bonds. The number of methoxy groups -OCH3 is 1. The number of carbonyl (C=O) groups excluding carboxylic acids is 1. The van der Waals surface area contributed by atoms with Crippen LogP contribution in [-0.2, 0) is 4.79 Å². The second-order valence-corrected chi connectivity index (χ2v) is 4.75. The molecule has 0 unspecified atom stereocenters. The Kier molecular flexibility index (Phi) is 4.57. The molecule has 1 atom stereocenters. The maximum atomic E-state index is 12.2. The lowest BCUT2D eigenvalue weighted by Crippen LogP contribution is -2.37. The van der Waals surface area contributed by atoms with Crippen LogP contribution in [0.1, 0.15) is 23.2 Å². The summed E-state index contributed by atoms with van der Waals surface area (Å²) in [7, 11) is 1.48. The SMILES string of the molecule is COc1ccc(C(=O)O)cc1NC(=O)[C@H]1CCCNC1. The molecule has 108 valence electrons. The summed E-state index contributed by atoms with van der Waals surface area (Å²) in [5, 5.41) is 14.9. The van der Waals surface area contributed by atoms with Gasteiger partial charge in [-0.15, -0.1) is 0 Å². The number of benzene rings is 1. The maximum Gasteiger partial charge on any atom is 0.335 e. The van der Waals surface area contributed by atoms with Gasteiger partial charge >= 0.3 is 5.97 Å². The third kappa shape index (κ3) is 3.27. The molecule has 0 aromatic heterocycles. The zero-order valence-corrected chi connectivity index (χ0v) is 11.3. The number of hydrogen-bond donors (Lipinski definition) is 3. The fraction of sp³-hybridized carbons (Fsp3) is 0.429. The Labute approximate surface area is 117 Å². The quantitative estimate of drug-likeness (QED) is 0.773. The van der Waals surface area contributed by atoms with Crippen LogP contribution in [0.4, 0.5) is 5.69 Å². The fourth-order valence-corrected chi connectivity index (χ4v) is 2.25. The number of carboxylic acid groups (broad SMARTS) is 1. The van der Waals surface area contributed by atoms with Gasteiger partial charge in [-0.1, -0.05) is 0 Å². The lowest BCUT2D eigenvalue weighted by Gasteiger charge is -2.22. The minimum absolute atomic E-state index is 0.0954. The first kappa shape index (κ1) is 14.3. The van der Waals surface area contributed by atoms with Gasteiger partial charge in [0.2, 0.25) is 5.91 Å². The first-order valence-electron chi connectivity index (χ1n) is 6.54. The van der Waals surface area contributed by atoms with Gasteiger partial charge in [-0.2, -0.15) is 0 Å². The van der Waals surface area contributed by atoms with Crippen molar-refractivity contribution in [1.82, 2.24) is 5.32 Å². The van der Waals surface area contributed by atoms with Gasteiger partial charge in [0, 0.05) is 6.54 Å². The van der Waals surface area contributed by atoms with Crippen LogP contribution in [0.2, 0.25) is 0 Å². The van der Waals surface area contributed by atoms with Gasteiger partial charge in [-0.25, -0.2) is 4.79 Å². The van der Waals surface area contributed by atoms with Crippen LogP contribution >= 0.6 is 0 Å². The summed E-state index contributed by atoms with van der Waals surface area (Å²) < 4.78 is 5.15. The van der Waals surface area contributed by atoms with Crippen LogP contribution in [0.5, 0.6) is 5.75 Å². The Morgan fingerprint density at radius 1 is 1.45 bits per heavy atom. The maximum absolute atomic E-state index is 12.2. The van der Waals surface area contributed by atoms with Crippen LogP contribution in [-0.4, -0.2) is 37.2 Å². The highest BCUT2D eigenvalue weighted by Crippen LogP contribution is 2.26. The number of amides is 1. The van der Waals surface area contributed by atoms with Gasteiger partial charge < -0.3 is 20.5 Å². The number of carbonyl (C=O) groups is 2. The number of rotatable bonds is 4. The molecule has 0 radical (unpaired) electrons. The minimum atomic E-state index is -1.04. The van der Waals surface area contributed by atoms with E-state index in [4.69, 9.17) is 9.84 Å². The number of ether oxygens (including phenoxy) is 1. The molecule has 0 spiro atoms. The van der Waals surface area contributed by atoms with E-state index < -0.39 is 5.97 Å². The number of piperidine rings is 1. The van der Waals surface area contributed by atoms with Gasteiger partial charge in [-0.05, 0) is 37.6 Å². The van der Waals surface area contributed by atoms with Crippen LogP contribution in [0.3, 0.4) is 0 Å². The van der Waals surface area contributed by atoms with Crippen molar-refractivity contribution in [3.05, 3.63) is 23.8 Å². The van der Waals surface area contributed by atoms with Crippen LogP contribution < -0.4 is 15.4 Å². The Balaban J connectivity index is 2.15. The van der Waals surface area contributed by atoms with E-state index in [1.807, 2.05) is 0 Å². The van der Waals surface area contributed by atoms with Crippen molar-refractivity contribution < 1.29 is 19.4 Å². The number of nitrogens with one attached hydrogen (secondary N) is 2. The summed E-state index contributed by atoms with van der Waals surface area (Å²) >= 11 is 0. The van der Waals surface area contributed by atoms with E-state index >= 15 is 0 Å². The molecule has 1 heterocycles. The molecule has 1 aromatic carbocycles. The van der Waals surface area contributed by atoms with Gasteiger partial charge in [0.1, 0.15) is 5.75 Å². The minimum Gasteiger partial charge on any atom is -0.495 e. The Morgan fingerprint density at radius 2 is 2.25 bits per heavy atom. The number of aromatic carboxylic acids is 1. The third-order valence-electron chi connectivity index (χ3n) is 3.37. The highest BCUT2D eigenvalue weighted by Gasteiger charge is 2.22. The largest absolute Gasteiger partial charge is 0.495 e. The van der Waals surface area contributed by atoms with Gasteiger partial charge in [0.25, 0.3) is 0 Å². The topological polar surface area (TPSA) is 87.7 Å². The standard InChI is InChI=1S/C14H18N2O4/c1-20-12-5-4-9(14(18)19)7-11(12)16-13(17)10-3-2-6-15-8-10/h4-5,7,10,15H,2-3,6,8H2,1H3,(H,16,17)(H,18,19)/t10-/m0/s1. The zero-order valence-electron chi connectivity index (χ0n) is 11.3. The highest BCUT2D eigenvalue weighted by molar-refractivity contribution is 5.96. The number of hydrogen-bond acceptors (Lipinski definition) is 4. The predicted molar refractivity (Wildman–Crippen MR) is 74.2 cm³/mol. The average Bonchev–Trinajstić information content (AvgIpc) is 2.48. The molecule has 6 heteroatoms. The first-order chi connectivity index (χ1) is 9.61. The van der Waals surface area contributed by atoms with E-state index in [2.05, 4.69) is 10.6 Å². The normalized spacial score (nSPS) is 18.4. The summed E-state index contributed by atoms with van der Waals surface area (Å²) in [6.45, 7) is 1.58. The van der Waals surface area contributed by atoms with Gasteiger partial charge in [0.05, 0.1) is 24.3 Å². The Hall–Kier alpha value is -2.08. The number of carboxylic acids is 1. The molecule has 0 saturated carbocycles. The van der Waals surface area contributed by atoms with Crippen molar-refractivity contribution in [2.45, 2.75) is 12.8 Å². The number of anilines is 1. The lowest BCUT2D eigenvalue weighted by atomic mass is 9.98. The second-order valence-electron chi connectivity index (χ2n) is 4.75. The van der Waals surface area contributed by atoms with E-state index in [0.29, 0.717) is 18.0 Å². The summed E-state index contributed by atoms with van der Waals surface area (Å²) in [6.07, 6.45) is 1.80. The first-order valence-corrected chi connectivity index (χ1v) is 6.54. The van der Waals surface area contributed by atoms with Crippen LogP contribution in [0, 0.1) is 5.92 Å². The second kappa shape index (κ2) is 6.38. The van der Waals surface area contributed by atoms with Crippen molar-refractivity contribution in [2.24, 2.45) is 5.92 Å². The van der Waals surface area contributed by atoms with Crippen molar-refractivity contribution in [2.75, 3.05) is 25.5 Å². The molecule has 0 aliphatic carbocycles. The Bertz CT molecular complexity index is 510. The molecule has 20 heavy (non-hydrogen) atoms. The van der Waals surface area contributed by atoms with E-state index in [0.717, 1.165) is 19.4 Å². The molecule has 1 fully saturated rings. The summed E-state index contributed by atoms with van der Waals surface area (Å²) in [5.74, 6) is -0.797. The molecule has 6 nitrogen and oxygen atoms in total. The summed E-state index contributed by atoms with van der Waals surface area (Å²) in [4.78, 5) is 23.1. The molecule has 1 aromatic rings. The van der Waals surface area contributed by atoms with Gasteiger partial charge in [-0.3, -0.25) is 4.79 Å². The molecule has 2 rings (SSSR count). The molecule has 1 saturated heterocycles. The molecule has 1 aliphatic heterocycles. The zero-order chi connectivity index (χ0) is 14.5. The van der Waals surface area contributed by atoms with Crippen molar-refractivity contribution in [3.8, 4) is 5.75 Å². The summed E-state index contributed by atoms with van der Waals surface area (Å²) in [5.41, 5.74) is 0.505. The van der Waals surface area contributed by atoms with Crippen molar-refractivity contribution in [1.29, 1.82) is 0 Å². The fourth-order valence-electron chi connectivity index (χ4n) is 2.25. The van der Waals surface area contributed by atoms with Crippen molar-refractivity contribution >= 4 is 17.6 Å². The van der Waals surface area contributed by atoms with E-state index in [9.17, 15) is 9.59 Å². The van der Waals surface area contributed by atoms with Crippen LogP contribution in [0.15, 0.2) is 18.2 Å². The monoisotopic (exact) mass is 278 g/mol. The van der Waals surface area contributed by atoms with E-state index in [1.54, 1.807) is 0 Å². The molecular weight excluding hydrogens is 260 g/mol. The third-order valence-corrected chi connectivity index (χ3v) is 3.37.